The number of carbonyl (C=O) groups excluding carboxylic acids is 1. The summed E-state index contributed by atoms with van der Waals surface area (Å²) in [6.07, 6.45) is -1.90. The van der Waals surface area contributed by atoms with Crippen molar-refractivity contribution in [3.63, 3.8) is 0 Å². The van der Waals surface area contributed by atoms with Gasteiger partial charge in [0.25, 0.3) is 0 Å². The molecule has 0 spiro atoms. The van der Waals surface area contributed by atoms with Gasteiger partial charge in [0, 0.05) is 0 Å². The zero-order valence-corrected chi connectivity index (χ0v) is 8.16. The van der Waals surface area contributed by atoms with Crippen LogP contribution in [-0.2, 0) is 9.53 Å². The lowest BCUT2D eigenvalue weighted by molar-refractivity contribution is -0.149. The number of halogens is 2. The molecule has 0 aliphatic heterocycles. The highest BCUT2D eigenvalue weighted by atomic mass is 35.5. The van der Waals surface area contributed by atoms with Crippen molar-refractivity contribution in [2.24, 2.45) is 0 Å². The zero-order valence-electron chi connectivity index (χ0n) is 7.41. The Labute approximate surface area is 85.0 Å². The van der Waals surface area contributed by atoms with Crippen molar-refractivity contribution in [2.45, 2.75) is 13.1 Å². The molecule has 0 fully saturated rings. The van der Waals surface area contributed by atoms with Gasteiger partial charge in [-0.2, -0.15) is 5.10 Å². The van der Waals surface area contributed by atoms with Crippen LogP contribution in [0.25, 0.3) is 0 Å². The molecule has 0 aromatic carbocycles. The van der Waals surface area contributed by atoms with E-state index in [1.165, 1.54) is 12.1 Å². The normalized spacial score (nSPS) is 12.2. The van der Waals surface area contributed by atoms with Crippen molar-refractivity contribution >= 4 is 17.6 Å². The van der Waals surface area contributed by atoms with Crippen LogP contribution in [0.15, 0.2) is 12.1 Å². The first-order chi connectivity index (χ1) is 6.65. The highest BCUT2D eigenvalue weighted by Gasteiger charge is 2.22. The SMILES string of the molecule is CCOC(=O)C(F)c1ccc(Cl)nn1. The predicted molar refractivity (Wildman–Crippen MR) is 47.5 cm³/mol. The van der Waals surface area contributed by atoms with Gasteiger partial charge < -0.3 is 4.74 Å². The minimum atomic E-state index is -1.90. The third kappa shape index (κ3) is 2.63. The molecule has 76 valence electrons. The van der Waals surface area contributed by atoms with Gasteiger partial charge in [-0.25, -0.2) is 9.18 Å². The molecule has 1 aromatic rings. The Kier molecular flexibility index (Phi) is 3.76. The van der Waals surface area contributed by atoms with Crippen LogP contribution >= 0.6 is 11.6 Å². The van der Waals surface area contributed by atoms with Gasteiger partial charge in [0.15, 0.2) is 5.15 Å². The monoisotopic (exact) mass is 218 g/mol. The summed E-state index contributed by atoms with van der Waals surface area (Å²) in [7, 11) is 0. The quantitative estimate of drug-likeness (QED) is 0.725. The van der Waals surface area contributed by atoms with E-state index >= 15 is 0 Å². The number of hydrogen-bond donors (Lipinski definition) is 0. The molecule has 0 bridgehead atoms. The molecular weight excluding hydrogens is 211 g/mol. The van der Waals surface area contributed by atoms with Gasteiger partial charge in [0.1, 0.15) is 5.69 Å². The fourth-order valence-corrected chi connectivity index (χ4v) is 0.898. The third-order valence-corrected chi connectivity index (χ3v) is 1.61. The standard InChI is InChI=1S/C8H8ClFN2O2/c1-2-14-8(13)7(10)5-3-4-6(9)12-11-5/h3-4,7H,2H2,1H3. The second-order valence-electron chi connectivity index (χ2n) is 2.40. The van der Waals surface area contributed by atoms with E-state index in [9.17, 15) is 9.18 Å². The van der Waals surface area contributed by atoms with E-state index in [2.05, 4.69) is 14.9 Å². The highest BCUT2D eigenvalue weighted by molar-refractivity contribution is 6.29. The van der Waals surface area contributed by atoms with Gasteiger partial charge >= 0.3 is 5.97 Å². The van der Waals surface area contributed by atoms with Gasteiger partial charge in [-0.1, -0.05) is 11.6 Å². The van der Waals surface area contributed by atoms with Crippen LogP contribution in [0, 0.1) is 0 Å². The average Bonchev–Trinajstić information content (AvgIpc) is 2.18. The lowest BCUT2D eigenvalue weighted by atomic mass is 10.2. The Bertz CT molecular complexity index is 318. The lowest BCUT2D eigenvalue weighted by Crippen LogP contribution is -2.13. The Hall–Kier alpha value is -1.23. The van der Waals surface area contributed by atoms with Gasteiger partial charge in [-0.05, 0) is 19.1 Å². The second-order valence-corrected chi connectivity index (χ2v) is 2.78. The van der Waals surface area contributed by atoms with Crippen molar-refractivity contribution in [3.05, 3.63) is 23.0 Å². The van der Waals surface area contributed by atoms with E-state index in [4.69, 9.17) is 11.6 Å². The minimum absolute atomic E-state index is 0.104. The summed E-state index contributed by atoms with van der Waals surface area (Å²) >= 11 is 5.44. The molecule has 0 aliphatic rings. The number of esters is 1. The molecule has 0 N–H and O–H groups in total. The Morgan fingerprint density at radius 1 is 1.64 bits per heavy atom. The Balaban J connectivity index is 2.73. The highest BCUT2D eigenvalue weighted by Crippen LogP contribution is 2.16. The van der Waals surface area contributed by atoms with Crippen LogP contribution in [0.1, 0.15) is 18.8 Å². The second kappa shape index (κ2) is 4.85. The molecule has 1 atom stereocenters. The maximum Gasteiger partial charge on any atom is 0.347 e. The van der Waals surface area contributed by atoms with E-state index in [1.54, 1.807) is 6.92 Å². The molecule has 1 unspecified atom stereocenters. The number of rotatable bonds is 3. The minimum Gasteiger partial charge on any atom is -0.464 e. The summed E-state index contributed by atoms with van der Waals surface area (Å²) in [4.78, 5) is 10.9. The van der Waals surface area contributed by atoms with Crippen molar-refractivity contribution in [1.82, 2.24) is 10.2 Å². The number of carbonyl (C=O) groups is 1. The van der Waals surface area contributed by atoms with Gasteiger partial charge in [-0.15, -0.1) is 5.10 Å². The number of nitrogens with zero attached hydrogens (tertiary/aromatic N) is 2. The molecule has 0 aliphatic carbocycles. The largest absolute Gasteiger partial charge is 0.464 e. The van der Waals surface area contributed by atoms with Crippen LogP contribution in [0.5, 0.6) is 0 Å². The van der Waals surface area contributed by atoms with Crippen LogP contribution < -0.4 is 0 Å². The number of aromatic nitrogens is 2. The fraction of sp³-hybridized carbons (Fsp3) is 0.375. The van der Waals surface area contributed by atoms with Crippen molar-refractivity contribution < 1.29 is 13.9 Å². The molecule has 1 heterocycles. The summed E-state index contributed by atoms with van der Waals surface area (Å²) in [5.41, 5.74) is -0.104. The summed E-state index contributed by atoms with van der Waals surface area (Å²) in [6, 6.07) is 2.65. The van der Waals surface area contributed by atoms with Crippen LogP contribution in [-0.4, -0.2) is 22.8 Å². The van der Waals surface area contributed by atoms with E-state index in [0.29, 0.717) is 0 Å². The topological polar surface area (TPSA) is 52.1 Å². The molecule has 6 heteroatoms. The molecule has 0 radical (unpaired) electrons. The predicted octanol–water partition coefficient (Wildman–Crippen LogP) is 1.70. The van der Waals surface area contributed by atoms with E-state index in [-0.39, 0.29) is 17.5 Å². The molecule has 0 saturated heterocycles. The van der Waals surface area contributed by atoms with Gasteiger partial charge in [0.05, 0.1) is 6.61 Å². The van der Waals surface area contributed by atoms with Crippen LogP contribution in [0.3, 0.4) is 0 Å². The van der Waals surface area contributed by atoms with Crippen molar-refractivity contribution in [2.75, 3.05) is 6.61 Å². The number of ether oxygens (including phenoxy) is 1. The molecule has 0 amide bonds. The summed E-state index contributed by atoms with van der Waals surface area (Å²) in [6.45, 7) is 1.72. The molecular formula is C8H8ClFN2O2. The smallest absolute Gasteiger partial charge is 0.347 e. The third-order valence-electron chi connectivity index (χ3n) is 1.41. The molecule has 14 heavy (non-hydrogen) atoms. The van der Waals surface area contributed by atoms with E-state index in [1.807, 2.05) is 0 Å². The van der Waals surface area contributed by atoms with Crippen LogP contribution in [0.2, 0.25) is 5.15 Å². The maximum absolute atomic E-state index is 13.2. The summed E-state index contributed by atoms with van der Waals surface area (Å²) in [5.74, 6) is -0.968. The van der Waals surface area contributed by atoms with Crippen LogP contribution in [0.4, 0.5) is 4.39 Å². The first kappa shape index (κ1) is 10.8. The first-order valence-electron chi connectivity index (χ1n) is 3.95. The summed E-state index contributed by atoms with van der Waals surface area (Å²) < 4.78 is 17.7. The fourth-order valence-electron chi connectivity index (χ4n) is 0.798. The number of hydrogen-bond acceptors (Lipinski definition) is 4. The van der Waals surface area contributed by atoms with Gasteiger partial charge in [-0.3, -0.25) is 0 Å². The summed E-state index contributed by atoms with van der Waals surface area (Å²) in [5, 5.41) is 6.98. The molecule has 1 rings (SSSR count). The Morgan fingerprint density at radius 2 is 2.36 bits per heavy atom. The average molecular weight is 219 g/mol. The number of alkyl halides is 1. The van der Waals surface area contributed by atoms with E-state index in [0.717, 1.165) is 0 Å². The zero-order chi connectivity index (χ0) is 10.6. The molecule has 4 nitrogen and oxygen atoms in total. The van der Waals surface area contributed by atoms with Crippen molar-refractivity contribution in [1.29, 1.82) is 0 Å². The Morgan fingerprint density at radius 3 is 2.86 bits per heavy atom. The van der Waals surface area contributed by atoms with E-state index < -0.39 is 12.1 Å². The molecule has 0 saturated carbocycles. The van der Waals surface area contributed by atoms with Crippen molar-refractivity contribution in [3.8, 4) is 0 Å². The lowest BCUT2D eigenvalue weighted by Gasteiger charge is -2.05. The van der Waals surface area contributed by atoms with Gasteiger partial charge in [0.2, 0.25) is 6.17 Å². The molecule has 1 aromatic heterocycles. The first-order valence-corrected chi connectivity index (χ1v) is 4.32. The maximum atomic E-state index is 13.2.